The highest BCUT2D eigenvalue weighted by Crippen LogP contribution is 2.38. The molecule has 2 saturated heterocycles. The normalized spacial score (nSPS) is 22.3. The number of benzene rings is 2. The van der Waals surface area contributed by atoms with Crippen LogP contribution in [0.3, 0.4) is 0 Å². The molecule has 2 aromatic carbocycles. The highest BCUT2D eigenvalue weighted by atomic mass is 16.5. The maximum absolute atomic E-state index is 13.3. The predicted octanol–water partition coefficient (Wildman–Crippen LogP) is 1.50. The summed E-state index contributed by atoms with van der Waals surface area (Å²) in [6.45, 7) is 4.92. The largest absolute Gasteiger partial charge is 0.382 e. The predicted molar refractivity (Wildman–Crippen MR) is 155 cm³/mol. The van der Waals surface area contributed by atoms with Gasteiger partial charge in [-0.25, -0.2) is 4.98 Å². The number of rotatable bonds is 10. The average Bonchev–Trinajstić information content (AvgIpc) is 3.66. The van der Waals surface area contributed by atoms with Gasteiger partial charge in [0.25, 0.3) is 17.7 Å². The molecule has 2 fully saturated rings. The molecule has 4 heterocycles. The number of ether oxygens (including phenoxy) is 1. The summed E-state index contributed by atoms with van der Waals surface area (Å²) in [4.78, 5) is 73.5. The number of H-pyrrole nitrogens is 1. The molecule has 1 unspecified atom stereocenters. The van der Waals surface area contributed by atoms with Crippen LogP contribution >= 0.6 is 0 Å². The zero-order valence-corrected chi connectivity index (χ0v) is 23.8. The number of para-hydroxylation sites is 1. The number of nitrogens with one attached hydrogen (secondary N) is 3. The number of primary amides is 1. The van der Waals surface area contributed by atoms with Gasteiger partial charge in [0, 0.05) is 25.2 Å². The van der Waals surface area contributed by atoms with Gasteiger partial charge in [-0.3, -0.25) is 39.1 Å². The van der Waals surface area contributed by atoms with Gasteiger partial charge in [-0.15, -0.1) is 0 Å². The lowest BCUT2D eigenvalue weighted by molar-refractivity contribution is -0.136. The second-order valence-electron chi connectivity index (χ2n) is 11.2. The average molecular weight is 588 g/mol. The number of carbonyl (C=O) groups is 5. The fourth-order valence-electron chi connectivity index (χ4n) is 6.33. The lowest BCUT2D eigenvalue weighted by Crippen LogP contribution is -2.54. The maximum Gasteiger partial charge on any atom is 0.264 e. The molecular formula is C30H33N7O6. The van der Waals surface area contributed by atoms with Crippen LogP contribution in [0.4, 0.5) is 5.69 Å². The Morgan fingerprint density at radius 2 is 1.95 bits per heavy atom. The molecule has 0 spiro atoms. The first-order valence-corrected chi connectivity index (χ1v) is 14.4. The molecule has 0 aliphatic carbocycles. The minimum absolute atomic E-state index is 0.0668. The van der Waals surface area contributed by atoms with E-state index in [1.807, 2.05) is 6.07 Å². The quantitative estimate of drug-likeness (QED) is 0.202. The monoisotopic (exact) mass is 587 g/mol. The van der Waals surface area contributed by atoms with Gasteiger partial charge in [0.15, 0.2) is 0 Å². The molecule has 0 saturated carbocycles. The van der Waals surface area contributed by atoms with Crippen LogP contribution in [0.15, 0.2) is 36.4 Å². The number of aromatic amines is 1. The number of fused-ring (bicyclic) bond motifs is 2. The number of anilines is 1. The van der Waals surface area contributed by atoms with Gasteiger partial charge in [-0.1, -0.05) is 12.1 Å². The van der Waals surface area contributed by atoms with Crippen LogP contribution in [-0.2, 0) is 19.9 Å². The molecule has 3 aliphatic heterocycles. The van der Waals surface area contributed by atoms with Crippen molar-refractivity contribution in [2.24, 2.45) is 5.73 Å². The number of hydrogen-bond acceptors (Lipinski definition) is 9. The van der Waals surface area contributed by atoms with Gasteiger partial charge in [0.2, 0.25) is 11.8 Å². The third-order valence-corrected chi connectivity index (χ3v) is 8.61. The first kappa shape index (κ1) is 28.5. The number of imide groups is 2. The second kappa shape index (κ2) is 11.2. The molecule has 3 aromatic rings. The van der Waals surface area contributed by atoms with E-state index in [1.54, 1.807) is 30.3 Å². The summed E-state index contributed by atoms with van der Waals surface area (Å²) in [5.74, 6) is -1.87. The highest BCUT2D eigenvalue weighted by Gasteiger charge is 2.45. The van der Waals surface area contributed by atoms with Gasteiger partial charge >= 0.3 is 0 Å². The number of likely N-dealkylation sites (tertiary alicyclic amines) is 1. The van der Waals surface area contributed by atoms with Gasteiger partial charge in [0.1, 0.15) is 17.4 Å². The summed E-state index contributed by atoms with van der Waals surface area (Å²) in [6, 6.07) is 9.29. The SMILES string of the molecule is C[C@]1(c2nc3c(C(N)=O)cccc3[nH]2)CCCN1CCOCCNc1cccc2c1C(=O)N(C1CCC(=O)NC1=O)C2=O. The van der Waals surface area contributed by atoms with Crippen molar-refractivity contribution in [3.05, 3.63) is 58.9 Å². The minimum atomic E-state index is -1.01. The molecule has 13 heteroatoms. The minimum Gasteiger partial charge on any atom is -0.382 e. The van der Waals surface area contributed by atoms with Gasteiger partial charge in [-0.2, -0.15) is 0 Å². The fourth-order valence-corrected chi connectivity index (χ4v) is 6.33. The maximum atomic E-state index is 13.3. The van der Waals surface area contributed by atoms with Crippen molar-refractivity contribution in [3.8, 4) is 0 Å². The van der Waals surface area contributed by atoms with Crippen LogP contribution < -0.4 is 16.4 Å². The number of aromatic nitrogens is 2. The number of amides is 5. The molecule has 13 nitrogen and oxygen atoms in total. The van der Waals surface area contributed by atoms with Crippen molar-refractivity contribution in [2.75, 3.05) is 38.2 Å². The smallest absolute Gasteiger partial charge is 0.264 e. The molecule has 5 N–H and O–H groups in total. The molecule has 6 rings (SSSR count). The molecule has 0 radical (unpaired) electrons. The highest BCUT2D eigenvalue weighted by molar-refractivity contribution is 6.25. The van der Waals surface area contributed by atoms with Crippen LogP contribution in [0.1, 0.15) is 69.5 Å². The first-order valence-electron chi connectivity index (χ1n) is 14.4. The molecule has 1 aromatic heterocycles. The zero-order chi connectivity index (χ0) is 30.3. The standard InChI is InChI=1S/C30H33N7O6/c1-30(29-33-20-8-3-6-18(25(31)39)24(20)35-29)11-4-13-36(30)14-16-43-15-12-32-19-7-2-5-17-23(19)28(42)37(27(17)41)21-9-10-22(38)34-26(21)40/h2-3,5-8,21,32H,4,9-16H2,1H3,(H2,31,39)(H,33,35)(H,34,38,40)/t21?,30-/m1/s1. The molecule has 43 heavy (non-hydrogen) atoms. The second-order valence-corrected chi connectivity index (χ2v) is 11.2. The Bertz CT molecular complexity index is 1650. The Morgan fingerprint density at radius 1 is 1.14 bits per heavy atom. The summed E-state index contributed by atoms with van der Waals surface area (Å²) in [6.07, 6.45) is 2.08. The number of piperidine rings is 1. The van der Waals surface area contributed by atoms with E-state index in [0.717, 1.165) is 35.6 Å². The Kier molecular flexibility index (Phi) is 7.44. The van der Waals surface area contributed by atoms with Crippen LogP contribution in [0.5, 0.6) is 0 Å². The third-order valence-electron chi connectivity index (χ3n) is 8.61. The lowest BCUT2D eigenvalue weighted by atomic mass is 9.98. The van der Waals surface area contributed by atoms with Crippen LogP contribution in [-0.4, -0.2) is 88.2 Å². The Balaban J connectivity index is 1.04. The Hall–Kier alpha value is -4.62. The number of carbonyl (C=O) groups excluding carboxylic acids is 5. The van der Waals surface area contributed by atoms with Crippen LogP contribution in [0.25, 0.3) is 11.0 Å². The summed E-state index contributed by atoms with van der Waals surface area (Å²) in [5.41, 5.74) is 7.87. The van der Waals surface area contributed by atoms with E-state index in [0.29, 0.717) is 43.1 Å². The fraction of sp³-hybridized carbons (Fsp3) is 0.400. The third kappa shape index (κ3) is 5.04. The molecular weight excluding hydrogens is 554 g/mol. The van der Waals surface area contributed by atoms with E-state index in [4.69, 9.17) is 15.5 Å². The summed E-state index contributed by atoms with van der Waals surface area (Å²) >= 11 is 0. The van der Waals surface area contributed by atoms with Crippen molar-refractivity contribution in [3.63, 3.8) is 0 Å². The van der Waals surface area contributed by atoms with Gasteiger partial charge < -0.3 is 20.8 Å². The van der Waals surface area contributed by atoms with Gasteiger partial charge in [-0.05, 0) is 57.0 Å². The Labute approximate surface area is 247 Å². The van der Waals surface area contributed by atoms with E-state index in [-0.39, 0.29) is 29.5 Å². The van der Waals surface area contributed by atoms with Crippen molar-refractivity contribution in [1.82, 2.24) is 25.1 Å². The summed E-state index contributed by atoms with van der Waals surface area (Å²) in [7, 11) is 0. The first-order chi connectivity index (χ1) is 20.7. The summed E-state index contributed by atoms with van der Waals surface area (Å²) in [5, 5.41) is 5.40. The number of hydrogen-bond donors (Lipinski definition) is 4. The molecule has 224 valence electrons. The van der Waals surface area contributed by atoms with Crippen molar-refractivity contribution in [2.45, 2.75) is 44.2 Å². The van der Waals surface area contributed by atoms with E-state index in [2.05, 4.69) is 27.4 Å². The van der Waals surface area contributed by atoms with Crippen molar-refractivity contribution >= 4 is 46.3 Å². The van der Waals surface area contributed by atoms with E-state index in [9.17, 15) is 24.0 Å². The Morgan fingerprint density at radius 3 is 2.74 bits per heavy atom. The molecule has 0 bridgehead atoms. The molecule has 3 aliphatic rings. The van der Waals surface area contributed by atoms with Crippen molar-refractivity contribution < 1.29 is 28.7 Å². The van der Waals surface area contributed by atoms with E-state index in [1.165, 1.54) is 0 Å². The molecule has 5 amide bonds. The lowest BCUT2D eigenvalue weighted by Gasteiger charge is -2.33. The number of imidazole rings is 1. The van der Waals surface area contributed by atoms with Crippen LogP contribution in [0, 0.1) is 0 Å². The molecule has 2 atom stereocenters. The van der Waals surface area contributed by atoms with Crippen LogP contribution in [0.2, 0.25) is 0 Å². The van der Waals surface area contributed by atoms with E-state index < -0.39 is 35.6 Å². The number of nitrogens with two attached hydrogens (primary N) is 1. The topological polar surface area (TPSA) is 180 Å². The van der Waals surface area contributed by atoms with Gasteiger partial charge in [0.05, 0.1) is 41.0 Å². The zero-order valence-electron chi connectivity index (χ0n) is 23.8. The number of nitrogens with zero attached hydrogens (tertiary/aromatic N) is 3. The van der Waals surface area contributed by atoms with Crippen molar-refractivity contribution in [1.29, 1.82) is 0 Å². The van der Waals surface area contributed by atoms with E-state index >= 15 is 0 Å². The summed E-state index contributed by atoms with van der Waals surface area (Å²) < 4.78 is 5.92.